The maximum Gasteiger partial charge on any atom is 0.227 e. The molecule has 2 aliphatic heterocycles. The quantitative estimate of drug-likeness (QED) is 0.396. The van der Waals surface area contributed by atoms with Crippen LogP contribution in [-0.4, -0.2) is 62.6 Å². The molecule has 6 rings (SSSR count). The molecule has 3 aromatic heterocycles. The minimum Gasteiger partial charge on any atom is -0.492 e. The van der Waals surface area contributed by atoms with Crippen LogP contribution in [-0.2, 0) is 11.3 Å². The lowest BCUT2D eigenvalue weighted by atomic mass is 9.87. The highest BCUT2D eigenvalue weighted by atomic mass is 16.5. The van der Waals surface area contributed by atoms with Crippen molar-refractivity contribution < 1.29 is 9.47 Å². The average molecular weight is 501 g/mol. The number of hydrogen-bond acceptors (Lipinski definition) is 9. The number of rotatable bonds is 7. The molecule has 10 nitrogen and oxygen atoms in total. The number of fused-ring (bicyclic) bond motifs is 1. The minimum absolute atomic E-state index is 0.238. The Morgan fingerprint density at radius 1 is 1.16 bits per heavy atom. The zero-order chi connectivity index (χ0) is 25.4. The minimum atomic E-state index is 0.238. The smallest absolute Gasteiger partial charge is 0.227 e. The molecule has 4 aromatic rings. The maximum atomic E-state index is 5.98. The predicted octanol–water partition coefficient (Wildman–Crippen LogP) is 4.37. The number of hydrogen-bond donors (Lipinski definition) is 1. The van der Waals surface area contributed by atoms with Crippen LogP contribution in [0.1, 0.15) is 32.4 Å². The zero-order valence-electron chi connectivity index (χ0n) is 21.6. The van der Waals surface area contributed by atoms with Gasteiger partial charge in [-0.1, -0.05) is 0 Å². The summed E-state index contributed by atoms with van der Waals surface area (Å²) in [6.45, 7) is 11.0. The summed E-state index contributed by atoms with van der Waals surface area (Å²) in [4.78, 5) is 16.8. The number of anilines is 3. The summed E-state index contributed by atoms with van der Waals surface area (Å²) in [5, 5.41) is 12.7. The second-order valence-corrected chi connectivity index (χ2v) is 9.90. The van der Waals surface area contributed by atoms with Gasteiger partial charge in [0.25, 0.3) is 0 Å². The van der Waals surface area contributed by atoms with Gasteiger partial charge in [0, 0.05) is 54.5 Å². The van der Waals surface area contributed by atoms with Crippen LogP contribution in [0.15, 0.2) is 36.8 Å². The molecule has 2 aliphatic rings. The Kier molecular flexibility index (Phi) is 6.11. The fourth-order valence-electron chi connectivity index (χ4n) is 5.39. The molecular formula is C27H32N8O2. The summed E-state index contributed by atoms with van der Waals surface area (Å²) >= 11 is 0. The van der Waals surface area contributed by atoms with Crippen molar-refractivity contribution >= 4 is 28.4 Å². The Hall–Kier alpha value is -3.79. The van der Waals surface area contributed by atoms with E-state index >= 15 is 0 Å². The third kappa shape index (κ3) is 4.46. The van der Waals surface area contributed by atoms with Gasteiger partial charge in [-0.3, -0.25) is 0 Å². The van der Waals surface area contributed by atoms with Crippen molar-refractivity contribution in [2.75, 3.05) is 43.1 Å². The van der Waals surface area contributed by atoms with Crippen LogP contribution in [0.3, 0.4) is 0 Å². The Labute approximate surface area is 216 Å². The van der Waals surface area contributed by atoms with Gasteiger partial charge in [0.1, 0.15) is 17.6 Å². The molecule has 37 heavy (non-hydrogen) atoms. The Balaban J connectivity index is 1.33. The highest BCUT2D eigenvalue weighted by Gasteiger charge is 2.42. The van der Waals surface area contributed by atoms with Crippen molar-refractivity contribution in [1.82, 2.24) is 29.7 Å². The highest BCUT2D eigenvalue weighted by molar-refractivity contribution is 5.89. The number of nitrogens with zero attached hydrogens (tertiary/aromatic N) is 7. The van der Waals surface area contributed by atoms with Crippen LogP contribution < -0.4 is 15.0 Å². The van der Waals surface area contributed by atoms with Crippen LogP contribution >= 0.6 is 0 Å². The van der Waals surface area contributed by atoms with Gasteiger partial charge >= 0.3 is 0 Å². The van der Waals surface area contributed by atoms with E-state index in [1.54, 1.807) is 6.33 Å². The summed E-state index contributed by atoms with van der Waals surface area (Å²) in [6.07, 6.45) is 5.84. The molecule has 1 spiro atoms. The molecule has 0 aliphatic carbocycles. The Morgan fingerprint density at radius 2 is 2.08 bits per heavy atom. The molecule has 10 heteroatoms. The topological polar surface area (TPSA) is 103 Å². The normalized spacial score (nSPS) is 19.3. The number of aryl methyl sites for hydroxylation is 2. The average Bonchev–Trinajstić information content (AvgIpc) is 3.67. The summed E-state index contributed by atoms with van der Waals surface area (Å²) in [5.41, 5.74) is 3.78. The van der Waals surface area contributed by atoms with Gasteiger partial charge < -0.3 is 24.3 Å². The van der Waals surface area contributed by atoms with Gasteiger partial charge in [0.05, 0.1) is 18.9 Å². The number of pyridine rings is 1. The van der Waals surface area contributed by atoms with Crippen molar-refractivity contribution in [3.8, 4) is 17.1 Å². The molecule has 1 unspecified atom stereocenters. The van der Waals surface area contributed by atoms with Crippen LogP contribution in [0, 0.1) is 12.3 Å². The molecule has 1 atom stereocenters. The monoisotopic (exact) mass is 500 g/mol. The molecule has 5 heterocycles. The molecule has 0 saturated carbocycles. The van der Waals surface area contributed by atoms with Crippen molar-refractivity contribution in [1.29, 1.82) is 0 Å². The lowest BCUT2D eigenvalue weighted by molar-refractivity contribution is 0.160. The van der Waals surface area contributed by atoms with E-state index in [-0.39, 0.29) is 5.41 Å². The van der Waals surface area contributed by atoms with E-state index in [1.807, 2.05) is 48.9 Å². The summed E-state index contributed by atoms with van der Waals surface area (Å²) in [7, 11) is 0. The molecule has 1 aromatic carbocycles. The van der Waals surface area contributed by atoms with Crippen molar-refractivity contribution in [2.24, 2.45) is 5.41 Å². The Morgan fingerprint density at radius 3 is 2.89 bits per heavy atom. The first-order valence-corrected chi connectivity index (χ1v) is 13.0. The van der Waals surface area contributed by atoms with Gasteiger partial charge in [0.15, 0.2) is 11.6 Å². The first-order chi connectivity index (χ1) is 18.1. The molecule has 0 radical (unpaired) electrons. The lowest BCUT2D eigenvalue weighted by Crippen LogP contribution is -2.28. The lowest BCUT2D eigenvalue weighted by Gasteiger charge is -2.23. The van der Waals surface area contributed by atoms with E-state index in [2.05, 4.69) is 32.3 Å². The van der Waals surface area contributed by atoms with Crippen LogP contribution in [0.2, 0.25) is 0 Å². The second-order valence-electron chi connectivity index (χ2n) is 9.90. The summed E-state index contributed by atoms with van der Waals surface area (Å²) < 4.78 is 13.7. The van der Waals surface area contributed by atoms with Gasteiger partial charge in [-0.2, -0.15) is 0 Å². The fraction of sp³-hybridized carbons (Fsp3) is 0.444. The standard InChI is InChI=1S/C27H32N8O2/c1-4-34-17-29-33-24(34)19-6-7-21(22(13-19)37-5-2)31-26-28-14-20-12-18(3)30-25(23(20)32-26)35-10-8-27(15-35)9-11-36-16-27/h6-7,12-14,17H,4-5,8-11,15-16H2,1-3H3,(H,28,31,32). The van der Waals surface area contributed by atoms with Gasteiger partial charge in [-0.25, -0.2) is 15.0 Å². The maximum absolute atomic E-state index is 5.98. The van der Waals surface area contributed by atoms with Crippen molar-refractivity contribution in [2.45, 2.75) is 40.2 Å². The Bertz CT molecular complexity index is 1430. The van der Waals surface area contributed by atoms with Crippen LogP contribution in [0.4, 0.5) is 17.5 Å². The molecule has 1 N–H and O–H groups in total. The van der Waals surface area contributed by atoms with Gasteiger partial charge in [-0.05, 0) is 57.9 Å². The third-order valence-corrected chi connectivity index (χ3v) is 7.34. The van der Waals surface area contributed by atoms with E-state index in [0.29, 0.717) is 18.3 Å². The highest BCUT2D eigenvalue weighted by Crippen LogP contribution is 2.41. The number of nitrogens with one attached hydrogen (secondary N) is 1. The summed E-state index contributed by atoms with van der Waals surface area (Å²) in [6, 6.07) is 8.00. The largest absolute Gasteiger partial charge is 0.492 e. The molecule has 192 valence electrons. The van der Waals surface area contributed by atoms with E-state index in [9.17, 15) is 0 Å². The number of benzene rings is 1. The van der Waals surface area contributed by atoms with Crippen molar-refractivity contribution in [3.63, 3.8) is 0 Å². The first-order valence-electron chi connectivity index (χ1n) is 13.0. The SMILES string of the molecule is CCOc1cc(-c2nncn2CC)ccc1Nc1ncc2cc(C)nc(N3CCC4(CCOC4)C3)c2n1. The van der Waals surface area contributed by atoms with Gasteiger partial charge in [-0.15, -0.1) is 10.2 Å². The molecular weight excluding hydrogens is 468 g/mol. The van der Waals surface area contributed by atoms with E-state index in [1.165, 1.54) is 0 Å². The zero-order valence-corrected chi connectivity index (χ0v) is 21.6. The van der Waals surface area contributed by atoms with Crippen LogP contribution in [0.25, 0.3) is 22.3 Å². The predicted molar refractivity (Wildman–Crippen MR) is 142 cm³/mol. The summed E-state index contributed by atoms with van der Waals surface area (Å²) in [5.74, 6) is 2.94. The van der Waals surface area contributed by atoms with E-state index in [4.69, 9.17) is 19.4 Å². The number of ether oxygens (including phenoxy) is 2. The van der Waals surface area contributed by atoms with Gasteiger partial charge in [0.2, 0.25) is 5.95 Å². The fourth-order valence-corrected chi connectivity index (χ4v) is 5.39. The first kappa shape index (κ1) is 23.6. The molecule has 0 bridgehead atoms. The van der Waals surface area contributed by atoms with Crippen molar-refractivity contribution in [3.05, 3.63) is 42.5 Å². The van der Waals surface area contributed by atoms with E-state index in [0.717, 1.165) is 85.2 Å². The molecule has 0 amide bonds. The molecule has 2 saturated heterocycles. The number of aromatic nitrogens is 6. The van der Waals surface area contributed by atoms with Crippen LogP contribution in [0.5, 0.6) is 5.75 Å². The second kappa shape index (κ2) is 9.59. The van der Waals surface area contributed by atoms with E-state index < -0.39 is 0 Å². The molecule has 2 fully saturated rings. The third-order valence-electron chi connectivity index (χ3n) is 7.34.